The maximum absolute atomic E-state index is 12.7. The number of nitrogens with one attached hydrogen (secondary N) is 1. The number of alkyl halides is 4. The summed E-state index contributed by atoms with van der Waals surface area (Å²) < 4.78 is 38.1. The van der Waals surface area contributed by atoms with Crippen molar-refractivity contribution in [2.24, 2.45) is 11.7 Å². The summed E-state index contributed by atoms with van der Waals surface area (Å²) >= 11 is 3.11. The lowest BCUT2D eigenvalue weighted by atomic mass is 10.1. The van der Waals surface area contributed by atoms with Gasteiger partial charge in [0, 0.05) is 16.9 Å². The van der Waals surface area contributed by atoms with Gasteiger partial charge >= 0.3 is 6.18 Å². The maximum atomic E-state index is 12.7. The number of nitrogens with two attached hydrogens (primary N) is 1. The topological polar surface area (TPSA) is 116 Å². The van der Waals surface area contributed by atoms with Crippen LogP contribution >= 0.6 is 15.9 Å². The van der Waals surface area contributed by atoms with Crippen LogP contribution in [0.25, 0.3) is 0 Å². The monoisotopic (exact) mass is 437 g/mol. The Morgan fingerprint density at radius 1 is 1.38 bits per heavy atom. The molecule has 144 valence electrons. The molecule has 4 N–H and O–H groups in total. The molecular formula is C16H19BrF3N3O3. The van der Waals surface area contributed by atoms with Crippen molar-refractivity contribution < 1.29 is 27.9 Å². The highest BCUT2D eigenvalue weighted by atomic mass is 79.9. The maximum Gasteiger partial charge on any atom is 0.417 e. The van der Waals surface area contributed by atoms with Crippen molar-refractivity contribution >= 4 is 33.4 Å². The Bertz CT molecular complexity index is 695. The molecule has 1 atom stereocenters. The second-order valence-corrected chi connectivity index (χ2v) is 6.49. The van der Waals surface area contributed by atoms with Crippen molar-refractivity contribution in [2.75, 3.05) is 10.6 Å². The van der Waals surface area contributed by atoms with E-state index in [4.69, 9.17) is 10.4 Å². The van der Waals surface area contributed by atoms with Crippen molar-refractivity contribution in [3.63, 3.8) is 0 Å². The Hall–Kier alpha value is -2.12. The van der Waals surface area contributed by atoms with Gasteiger partial charge in [0.15, 0.2) is 0 Å². The normalized spacial score (nSPS) is 12.3. The Labute approximate surface area is 157 Å². The zero-order chi connectivity index (χ0) is 20.7. The average molecular weight is 438 g/mol. The molecule has 0 aliphatic carbocycles. The molecule has 0 aromatic heterocycles. The number of amides is 2. The van der Waals surface area contributed by atoms with Crippen LogP contribution in [-0.4, -0.2) is 27.9 Å². The van der Waals surface area contributed by atoms with Crippen LogP contribution in [0.5, 0.6) is 0 Å². The molecule has 10 heteroatoms. The lowest BCUT2D eigenvalue weighted by Gasteiger charge is -2.13. The first-order valence-corrected chi connectivity index (χ1v) is 8.36. The van der Waals surface area contributed by atoms with Gasteiger partial charge in [-0.25, -0.2) is 0 Å². The summed E-state index contributed by atoms with van der Waals surface area (Å²) in [4.78, 5) is 21.6. The SMILES string of the molecule is CC(C)(O)C(N)=O.C[C@@H](CBr)C(=O)Nc1ccc(C#N)c(C(F)(F)F)c1. The van der Waals surface area contributed by atoms with Gasteiger partial charge in [0.1, 0.15) is 5.60 Å². The van der Waals surface area contributed by atoms with E-state index in [-0.39, 0.29) is 11.6 Å². The fraction of sp³-hybridized carbons (Fsp3) is 0.438. The van der Waals surface area contributed by atoms with Gasteiger partial charge in [-0.3, -0.25) is 9.59 Å². The lowest BCUT2D eigenvalue weighted by molar-refractivity contribution is -0.137. The summed E-state index contributed by atoms with van der Waals surface area (Å²) in [6.07, 6.45) is -4.63. The summed E-state index contributed by atoms with van der Waals surface area (Å²) in [7, 11) is 0. The Morgan fingerprint density at radius 2 is 1.88 bits per heavy atom. The molecule has 0 aliphatic rings. The van der Waals surface area contributed by atoms with Gasteiger partial charge in [0.2, 0.25) is 11.8 Å². The minimum atomic E-state index is -4.63. The molecule has 0 bridgehead atoms. The molecular weight excluding hydrogens is 419 g/mol. The van der Waals surface area contributed by atoms with Gasteiger partial charge in [-0.15, -0.1) is 0 Å². The number of anilines is 1. The summed E-state index contributed by atoms with van der Waals surface area (Å²) in [5.41, 5.74) is 1.81. The van der Waals surface area contributed by atoms with Crippen LogP contribution in [0.15, 0.2) is 18.2 Å². The number of benzene rings is 1. The molecule has 1 rings (SSSR count). The smallest absolute Gasteiger partial charge is 0.381 e. The van der Waals surface area contributed by atoms with E-state index in [1.807, 2.05) is 0 Å². The number of primary amides is 1. The molecule has 2 amide bonds. The second kappa shape index (κ2) is 9.54. The molecule has 1 aromatic carbocycles. The Balaban J connectivity index is 0.000000758. The van der Waals surface area contributed by atoms with Crippen LogP contribution in [-0.2, 0) is 15.8 Å². The van der Waals surface area contributed by atoms with Crippen molar-refractivity contribution in [3.05, 3.63) is 29.3 Å². The largest absolute Gasteiger partial charge is 0.417 e. The van der Waals surface area contributed by atoms with Crippen LogP contribution in [0, 0.1) is 17.2 Å². The first kappa shape index (κ1) is 23.9. The average Bonchev–Trinajstić information content (AvgIpc) is 2.52. The van der Waals surface area contributed by atoms with E-state index in [1.54, 1.807) is 6.92 Å². The minimum Gasteiger partial charge on any atom is -0.381 e. The number of hydrogen-bond donors (Lipinski definition) is 3. The number of carbonyl (C=O) groups is 2. The molecule has 0 fully saturated rings. The number of aliphatic hydroxyl groups is 1. The summed E-state index contributed by atoms with van der Waals surface area (Å²) in [6.45, 7) is 4.32. The van der Waals surface area contributed by atoms with Crippen LogP contribution in [0.3, 0.4) is 0 Å². The number of rotatable bonds is 4. The molecule has 6 nitrogen and oxygen atoms in total. The highest BCUT2D eigenvalue weighted by molar-refractivity contribution is 9.09. The quantitative estimate of drug-likeness (QED) is 0.627. The zero-order valence-electron chi connectivity index (χ0n) is 14.3. The Morgan fingerprint density at radius 3 is 2.23 bits per heavy atom. The first-order valence-electron chi connectivity index (χ1n) is 7.24. The number of nitriles is 1. The predicted octanol–water partition coefficient (Wildman–Crippen LogP) is 2.79. The Kier molecular flexibility index (Phi) is 8.76. The highest BCUT2D eigenvalue weighted by Crippen LogP contribution is 2.33. The molecule has 0 saturated carbocycles. The van der Waals surface area contributed by atoms with E-state index < -0.39 is 34.7 Å². The van der Waals surface area contributed by atoms with Crippen molar-refractivity contribution in [1.29, 1.82) is 5.26 Å². The summed E-state index contributed by atoms with van der Waals surface area (Å²) in [5, 5.41) is 20.0. The predicted molar refractivity (Wildman–Crippen MR) is 93.2 cm³/mol. The van der Waals surface area contributed by atoms with Crippen LogP contribution < -0.4 is 11.1 Å². The van der Waals surface area contributed by atoms with Crippen molar-refractivity contribution in [1.82, 2.24) is 0 Å². The van der Waals surface area contributed by atoms with E-state index in [0.29, 0.717) is 5.33 Å². The molecule has 26 heavy (non-hydrogen) atoms. The molecule has 0 heterocycles. The standard InChI is InChI=1S/C12H10BrF3N2O.C4H9NO2/c1-7(5-13)11(19)18-9-3-2-8(6-17)10(4-9)12(14,15)16;1-4(2,7)3(5)6/h2-4,7H,5H2,1H3,(H,18,19);7H,1-2H3,(H2,5,6)/t7-;/m0./s1. The first-order chi connectivity index (χ1) is 11.7. The van der Waals surface area contributed by atoms with E-state index in [0.717, 1.165) is 12.1 Å². The molecule has 1 aromatic rings. The summed E-state index contributed by atoms with van der Waals surface area (Å²) in [5.74, 6) is -1.47. The van der Waals surface area contributed by atoms with Gasteiger partial charge in [0.25, 0.3) is 0 Å². The number of carbonyl (C=O) groups excluding carboxylic acids is 2. The van der Waals surface area contributed by atoms with Gasteiger partial charge in [0.05, 0.1) is 17.2 Å². The van der Waals surface area contributed by atoms with Crippen molar-refractivity contribution in [3.8, 4) is 6.07 Å². The minimum absolute atomic E-state index is 0.0177. The van der Waals surface area contributed by atoms with E-state index >= 15 is 0 Å². The van der Waals surface area contributed by atoms with E-state index in [9.17, 15) is 22.8 Å². The fourth-order valence-electron chi connectivity index (χ4n) is 1.29. The fourth-order valence-corrected chi connectivity index (χ4v) is 1.58. The van der Waals surface area contributed by atoms with Crippen molar-refractivity contribution in [2.45, 2.75) is 32.5 Å². The lowest BCUT2D eigenvalue weighted by Crippen LogP contribution is -2.37. The third-order valence-electron chi connectivity index (χ3n) is 2.99. The van der Waals surface area contributed by atoms with Gasteiger partial charge in [-0.05, 0) is 32.0 Å². The van der Waals surface area contributed by atoms with Crippen LogP contribution in [0.4, 0.5) is 18.9 Å². The third-order valence-corrected chi connectivity index (χ3v) is 3.97. The molecule has 0 unspecified atom stereocenters. The van der Waals surface area contributed by atoms with Gasteiger partial charge in [-0.1, -0.05) is 22.9 Å². The zero-order valence-corrected chi connectivity index (χ0v) is 15.9. The molecule has 0 radical (unpaired) electrons. The van der Waals surface area contributed by atoms with Crippen LogP contribution in [0.2, 0.25) is 0 Å². The number of halogens is 4. The third kappa shape index (κ3) is 7.84. The second-order valence-electron chi connectivity index (χ2n) is 5.84. The van der Waals surface area contributed by atoms with Crippen LogP contribution in [0.1, 0.15) is 31.9 Å². The summed E-state index contributed by atoms with van der Waals surface area (Å²) in [6, 6.07) is 4.55. The highest BCUT2D eigenvalue weighted by Gasteiger charge is 2.34. The molecule has 0 saturated heterocycles. The number of nitrogens with zero attached hydrogens (tertiary/aromatic N) is 1. The molecule has 0 spiro atoms. The van der Waals surface area contributed by atoms with E-state index in [2.05, 4.69) is 27.0 Å². The number of hydrogen-bond acceptors (Lipinski definition) is 4. The molecule has 0 aliphatic heterocycles. The van der Waals surface area contributed by atoms with Gasteiger partial charge < -0.3 is 16.2 Å². The van der Waals surface area contributed by atoms with E-state index in [1.165, 1.54) is 26.0 Å². The van der Waals surface area contributed by atoms with Gasteiger partial charge in [-0.2, -0.15) is 18.4 Å².